The van der Waals surface area contributed by atoms with Gasteiger partial charge in [-0.1, -0.05) is 89.9 Å². The predicted molar refractivity (Wildman–Crippen MR) is 147 cm³/mol. The lowest BCUT2D eigenvalue weighted by Crippen LogP contribution is -2.52. The van der Waals surface area contributed by atoms with Gasteiger partial charge in [0.1, 0.15) is 6.04 Å². The Kier molecular flexibility index (Phi) is 10.5. The summed E-state index contributed by atoms with van der Waals surface area (Å²) in [6, 6.07) is 24.4. The van der Waals surface area contributed by atoms with Crippen LogP contribution in [0.3, 0.4) is 0 Å². The van der Waals surface area contributed by atoms with Gasteiger partial charge in [-0.2, -0.15) is 0 Å². The summed E-state index contributed by atoms with van der Waals surface area (Å²) in [5.74, 6) is 0.623. The summed E-state index contributed by atoms with van der Waals surface area (Å²) >= 11 is 13.6. The highest BCUT2D eigenvalue weighted by atomic mass is 35.5. The summed E-state index contributed by atoms with van der Waals surface area (Å²) in [6.07, 6.45) is 0.440. The van der Waals surface area contributed by atoms with E-state index in [-0.39, 0.29) is 23.6 Å². The van der Waals surface area contributed by atoms with Crippen molar-refractivity contribution in [2.45, 2.75) is 44.6 Å². The van der Waals surface area contributed by atoms with E-state index in [1.54, 1.807) is 11.0 Å². The number of halogens is 2. The van der Waals surface area contributed by atoms with Gasteiger partial charge >= 0.3 is 0 Å². The van der Waals surface area contributed by atoms with E-state index in [0.29, 0.717) is 28.8 Å². The molecule has 4 nitrogen and oxygen atoms in total. The fourth-order valence-corrected chi connectivity index (χ4v) is 4.86. The first-order valence-electron chi connectivity index (χ1n) is 11.5. The molecule has 0 aromatic heterocycles. The normalized spacial score (nSPS) is 11.8. The second-order valence-electron chi connectivity index (χ2n) is 8.62. The van der Waals surface area contributed by atoms with E-state index < -0.39 is 6.04 Å². The molecule has 0 aliphatic rings. The fourth-order valence-electron chi connectivity index (χ4n) is 3.68. The van der Waals surface area contributed by atoms with Crippen LogP contribution in [0.2, 0.25) is 10.0 Å². The topological polar surface area (TPSA) is 49.4 Å². The molecule has 184 valence electrons. The van der Waals surface area contributed by atoms with Gasteiger partial charge in [-0.15, -0.1) is 11.8 Å². The first-order chi connectivity index (χ1) is 16.8. The number of thioether (sulfide) groups is 1. The SMILES string of the molecule is CC(C)NC(=O)[C@H](Cc1ccccc1)N(Cc1ccccc1)C(=O)CSCc1ccc(Cl)c(Cl)c1. The second-order valence-corrected chi connectivity index (χ2v) is 10.4. The average molecular weight is 530 g/mol. The summed E-state index contributed by atoms with van der Waals surface area (Å²) in [7, 11) is 0. The highest BCUT2D eigenvalue weighted by Gasteiger charge is 2.30. The molecule has 3 aromatic rings. The highest BCUT2D eigenvalue weighted by Crippen LogP contribution is 2.25. The molecule has 0 unspecified atom stereocenters. The van der Waals surface area contributed by atoms with Gasteiger partial charge in [0.25, 0.3) is 0 Å². The van der Waals surface area contributed by atoms with E-state index in [9.17, 15) is 9.59 Å². The van der Waals surface area contributed by atoms with Crippen molar-refractivity contribution in [1.82, 2.24) is 10.2 Å². The Morgan fingerprint density at radius 1 is 0.857 bits per heavy atom. The molecule has 0 bridgehead atoms. The van der Waals surface area contributed by atoms with Crippen LogP contribution in [0.5, 0.6) is 0 Å². The van der Waals surface area contributed by atoms with Gasteiger partial charge < -0.3 is 10.2 Å². The van der Waals surface area contributed by atoms with Gasteiger partial charge in [-0.25, -0.2) is 0 Å². The lowest BCUT2D eigenvalue weighted by Gasteiger charge is -2.32. The smallest absolute Gasteiger partial charge is 0.243 e. The highest BCUT2D eigenvalue weighted by molar-refractivity contribution is 7.99. The van der Waals surface area contributed by atoms with E-state index in [4.69, 9.17) is 23.2 Å². The lowest BCUT2D eigenvalue weighted by molar-refractivity contribution is -0.139. The summed E-state index contributed by atoms with van der Waals surface area (Å²) in [4.78, 5) is 28.6. The minimum Gasteiger partial charge on any atom is -0.352 e. The van der Waals surface area contributed by atoms with Crippen molar-refractivity contribution in [1.29, 1.82) is 0 Å². The molecule has 0 radical (unpaired) electrons. The molecular weight excluding hydrogens is 499 g/mol. The molecule has 0 aliphatic carbocycles. The Morgan fingerprint density at radius 2 is 1.49 bits per heavy atom. The summed E-state index contributed by atoms with van der Waals surface area (Å²) in [6.45, 7) is 4.21. The van der Waals surface area contributed by atoms with Crippen molar-refractivity contribution < 1.29 is 9.59 Å². The van der Waals surface area contributed by atoms with E-state index in [0.717, 1.165) is 16.7 Å². The summed E-state index contributed by atoms with van der Waals surface area (Å²) < 4.78 is 0. The fraction of sp³-hybridized carbons (Fsp3) is 0.286. The minimum absolute atomic E-state index is 0.0292. The maximum Gasteiger partial charge on any atom is 0.243 e. The van der Waals surface area contributed by atoms with Crippen LogP contribution in [0.1, 0.15) is 30.5 Å². The standard InChI is InChI=1S/C28H30Cl2N2O2S/c1-20(2)31-28(34)26(16-21-9-5-3-6-10-21)32(17-22-11-7-4-8-12-22)27(33)19-35-18-23-13-14-24(29)25(30)15-23/h3-15,20,26H,16-19H2,1-2H3,(H,31,34)/t26-/m0/s1. The van der Waals surface area contributed by atoms with Crippen molar-refractivity contribution in [3.8, 4) is 0 Å². The zero-order valence-electron chi connectivity index (χ0n) is 19.9. The Morgan fingerprint density at radius 3 is 2.09 bits per heavy atom. The zero-order valence-corrected chi connectivity index (χ0v) is 22.2. The molecule has 35 heavy (non-hydrogen) atoms. The molecule has 3 rings (SSSR count). The van der Waals surface area contributed by atoms with Gasteiger partial charge in [0.05, 0.1) is 15.8 Å². The number of carbonyl (C=O) groups excluding carboxylic acids is 2. The predicted octanol–water partition coefficient (Wildman–Crippen LogP) is 6.39. The third-order valence-corrected chi connectivity index (χ3v) is 7.10. The second kappa shape index (κ2) is 13.6. The number of nitrogens with zero attached hydrogens (tertiary/aromatic N) is 1. The molecule has 7 heteroatoms. The molecule has 0 saturated heterocycles. The van der Waals surface area contributed by atoms with Crippen molar-refractivity contribution in [3.63, 3.8) is 0 Å². The van der Waals surface area contributed by atoms with Crippen molar-refractivity contribution in [2.24, 2.45) is 0 Å². The molecule has 0 heterocycles. The molecule has 1 atom stereocenters. The minimum atomic E-state index is -0.627. The number of benzene rings is 3. The third kappa shape index (κ3) is 8.60. The van der Waals surface area contributed by atoms with Crippen LogP contribution in [0, 0.1) is 0 Å². The average Bonchev–Trinajstić information content (AvgIpc) is 2.84. The first-order valence-corrected chi connectivity index (χ1v) is 13.4. The number of nitrogens with one attached hydrogen (secondary N) is 1. The van der Waals surface area contributed by atoms with E-state index in [2.05, 4.69) is 5.32 Å². The van der Waals surface area contributed by atoms with Gasteiger partial charge in [0.15, 0.2) is 0 Å². The maximum atomic E-state index is 13.6. The van der Waals surface area contributed by atoms with Crippen LogP contribution in [-0.4, -0.2) is 34.6 Å². The van der Waals surface area contributed by atoms with E-state index in [1.807, 2.05) is 86.6 Å². The van der Waals surface area contributed by atoms with Gasteiger partial charge in [-0.05, 0) is 42.7 Å². The lowest BCUT2D eigenvalue weighted by atomic mass is 10.0. The van der Waals surface area contributed by atoms with Crippen LogP contribution in [-0.2, 0) is 28.3 Å². The van der Waals surface area contributed by atoms with E-state index in [1.165, 1.54) is 11.8 Å². The molecule has 0 saturated carbocycles. The molecule has 3 aromatic carbocycles. The molecule has 0 spiro atoms. The monoisotopic (exact) mass is 528 g/mol. The summed E-state index contributed by atoms with van der Waals surface area (Å²) in [5, 5.41) is 4.01. The molecule has 2 amide bonds. The Hall–Kier alpha value is -2.47. The van der Waals surface area contributed by atoms with Gasteiger partial charge in [-0.3, -0.25) is 9.59 Å². The Labute approximate surface area is 222 Å². The Balaban J connectivity index is 1.81. The van der Waals surface area contributed by atoms with Crippen molar-refractivity contribution in [3.05, 3.63) is 106 Å². The maximum absolute atomic E-state index is 13.6. The first kappa shape index (κ1) is 27.1. The zero-order chi connectivity index (χ0) is 25.2. The third-order valence-electron chi connectivity index (χ3n) is 5.38. The van der Waals surface area contributed by atoms with Crippen LogP contribution in [0.25, 0.3) is 0 Å². The molecule has 1 N–H and O–H groups in total. The summed E-state index contributed by atoms with van der Waals surface area (Å²) in [5.41, 5.74) is 2.97. The van der Waals surface area contributed by atoms with Gasteiger partial charge in [0, 0.05) is 24.8 Å². The number of rotatable bonds is 11. The van der Waals surface area contributed by atoms with Crippen LogP contribution in [0.4, 0.5) is 0 Å². The molecule has 0 fully saturated rings. The number of hydrogen-bond acceptors (Lipinski definition) is 3. The number of carbonyl (C=O) groups is 2. The van der Waals surface area contributed by atoms with Crippen LogP contribution in [0.15, 0.2) is 78.9 Å². The molecular formula is C28H30Cl2N2O2S. The van der Waals surface area contributed by atoms with Crippen LogP contribution >= 0.6 is 35.0 Å². The van der Waals surface area contributed by atoms with Crippen LogP contribution < -0.4 is 5.32 Å². The molecule has 0 aliphatic heterocycles. The Bertz CT molecular complexity index is 1110. The van der Waals surface area contributed by atoms with Crippen molar-refractivity contribution >= 4 is 46.8 Å². The van der Waals surface area contributed by atoms with E-state index >= 15 is 0 Å². The quantitative estimate of drug-likeness (QED) is 0.313. The van der Waals surface area contributed by atoms with Crippen molar-refractivity contribution in [2.75, 3.05) is 5.75 Å². The number of amides is 2. The largest absolute Gasteiger partial charge is 0.352 e. The number of hydrogen-bond donors (Lipinski definition) is 1. The van der Waals surface area contributed by atoms with Gasteiger partial charge in [0.2, 0.25) is 11.8 Å².